The number of hydrogen-bond acceptors (Lipinski definition) is 4. The van der Waals surface area contributed by atoms with Crippen LogP contribution >= 0.6 is 0 Å². The van der Waals surface area contributed by atoms with Crippen LogP contribution in [0.15, 0.2) is 23.4 Å². The van der Waals surface area contributed by atoms with Gasteiger partial charge in [-0.1, -0.05) is 23.7 Å². The highest BCUT2D eigenvalue weighted by Crippen LogP contribution is 2.28. The van der Waals surface area contributed by atoms with Gasteiger partial charge in [0.25, 0.3) is 0 Å². The molecule has 1 rings (SSSR count). The Balaban J connectivity index is 3.27. The minimum absolute atomic E-state index is 0.138. The number of nitrogens with one attached hydrogen (secondary N) is 1. The van der Waals surface area contributed by atoms with Crippen LogP contribution in [0.3, 0.4) is 0 Å². The van der Waals surface area contributed by atoms with Crippen LogP contribution in [-0.4, -0.2) is 32.9 Å². The van der Waals surface area contributed by atoms with Crippen LogP contribution in [-0.2, 0) is 14.9 Å². The van der Waals surface area contributed by atoms with Crippen LogP contribution in [0.2, 0.25) is 0 Å². The Labute approximate surface area is 131 Å². The lowest BCUT2D eigenvalue weighted by Gasteiger charge is -2.15. The Hall–Kier alpha value is -1.84. The highest BCUT2D eigenvalue weighted by Gasteiger charge is 2.46. The molecule has 1 aromatic carbocycles. The number of benzene rings is 1. The number of sulfonamides is 1. The molecular weight excluding hydrogens is 340 g/mol. The molecule has 0 saturated heterocycles. The molecule has 0 aromatic heterocycles. The van der Waals surface area contributed by atoms with E-state index in [-0.39, 0.29) is 30.0 Å². The Kier molecular flexibility index (Phi) is 6.37. The third kappa shape index (κ3) is 5.08. The predicted molar refractivity (Wildman–Crippen MR) is 78.5 cm³/mol. The van der Waals surface area contributed by atoms with Crippen molar-refractivity contribution in [3.05, 3.63) is 29.3 Å². The van der Waals surface area contributed by atoms with Gasteiger partial charge in [-0.3, -0.25) is 4.72 Å². The summed E-state index contributed by atoms with van der Waals surface area (Å²) in [6.45, 7) is 2.25. The van der Waals surface area contributed by atoms with E-state index >= 15 is 0 Å². The van der Waals surface area contributed by atoms with E-state index in [1.54, 1.807) is 13.8 Å². The molecule has 1 aromatic rings. The third-order valence-corrected chi connectivity index (χ3v) is 3.81. The zero-order chi connectivity index (χ0) is 17.7. The minimum Gasteiger partial charge on any atom is -0.393 e. The zero-order valence-electron chi connectivity index (χ0n) is 12.4. The lowest BCUT2D eigenvalue weighted by Crippen LogP contribution is -2.30. The van der Waals surface area contributed by atoms with E-state index in [0.717, 1.165) is 0 Å². The highest BCUT2D eigenvalue weighted by molar-refractivity contribution is 7.93. The van der Waals surface area contributed by atoms with Gasteiger partial charge in [-0.15, -0.1) is 0 Å². The second-order valence-corrected chi connectivity index (χ2v) is 6.19. The van der Waals surface area contributed by atoms with Crippen molar-refractivity contribution in [2.45, 2.75) is 25.8 Å². The van der Waals surface area contributed by atoms with Crippen molar-refractivity contribution in [2.24, 2.45) is 5.16 Å². The maximum atomic E-state index is 12.5. The van der Waals surface area contributed by atoms with Gasteiger partial charge in [0.1, 0.15) is 13.3 Å². The zero-order valence-corrected chi connectivity index (χ0v) is 13.3. The summed E-state index contributed by atoms with van der Waals surface area (Å²) in [6.07, 6.45) is 0.247. The van der Waals surface area contributed by atoms with Crippen LogP contribution in [0.25, 0.3) is 0 Å². The molecular formula is C13H16F4N2O3S. The van der Waals surface area contributed by atoms with Crippen molar-refractivity contribution in [2.75, 3.05) is 18.0 Å². The molecule has 0 amide bonds. The lowest BCUT2D eigenvalue weighted by atomic mass is 10.0. The van der Waals surface area contributed by atoms with Crippen molar-refractivity contribution < 1.29 is 30.8 Å². The van der Waals surface area contributed by atoms with E-state index in [1.807, 2.05) is 0 Å². The molecule has 0 aliphatic rings. The second-order valence-electron chi connectivity index (χ2n) is 4.51. The van der Waals surface area contributed by atoms with E-state index in [9.17, 15) is 26.0 Å². The Morgan fingerprint density at radius 1 is 1.35 bits per heavy atom. The van der Waals surface area contributed by atoms with Gasteiger partial charge in [-0.25, -0.2) is 4.39 Å². The normalized spacial score (nSPS) is 13.0. The molecule has 5 nitrogen and oxygen atoms in total. The van der Waals surface area contributed by atoms with Crippen LogP contribution in [0.1, 0.15) is 24.5 Å². The molecule has 0 unspecified atom stereocenters. The Bertz CT molecular complexity index is 672. The molecule has 0 atom stereocenters. The number of alkyl halides is 4. The van der Waals surface area contributed by atoms with Crippen LogP contribution in [0.4, 0.5) is 23.2 Å². The molecule has 0 aliphatic carbocycles. The average molecular weight is 356 g/mol. The summed E-state index contributed by atoms with van der Waals surface area (Å²) in [6, 6.07) is 4.12. The van der Waals surface area contributed by atoms with Crippen molar-refractivity contribution in [1.82, 2.24) is 0 Å². The summed E-state index contributed by atoms with van der Waals surface area (Å²) < 4.78 is 73.6. The first kappa shape index (κ1) is 19.2. The first-order chi connectivity index (χ1) is 10.6. The number of oxime groups is 1. The van der Waals surface area contributed by atoms with Crippen molar-refractivity contribution in [1.29, 1.82) is 0 Å². The predicted octanol–water partition coefficient (Wildman–Crippen LogP) is 3.36. The molecule has 0 radical (unpaired) electrons. The van der Waals surface area contributed by atoms with Gasteiger partial charge in [0, 0.05) is 5.56 Å². The molecule has 1 N–H and O–H groups in total. The fourth-order valence-electron chi connectivity index (χ4n) is 1.65. The van der Waals surface area contributed by atoms with Crippen molar-refractivity contribution in [3.63, 3.8) is 0 Å². The van der Waals surface area contributed by atoms with Crippen LogP contribution in [0.5, 0.6) is 0 Å². The second kappa shape index (κ2) is 7.62. The van der Waals surface area contributed by atoms with Gasteiger partial charge in [0.2, 0.25) is 0 Å². The van der Waals surface area contributed by atoms with Gasteiger partial charge < -0.3 is 4.84 Å². The SMILES string of the molecule is CC/C(=N\OCCF)c1cc(C)ccc1NS(=O)(=O)C(F)(F)F. The van der Waals surface area contributed by atoms with Crippen molar-refractivity contribution in [3.8, 4) is 0 Å². The molecule has 0 fully saturated rings. The summed E-state index contributed by atoms with van der Waals surface area (Å²) in [5.41, 5.74) is -4.70. The molecule has 0 bridgehead atoms. The molecule has 130 valence electrons. The first-order valence-corrected chi connectivity index (χ1v) is 8.05. The fraction of sp³-hybridized carbons (Fsp3) is 0.462. The molecule has 0 aliphatic heterocycles. The monoisotopic (exact) mass is 356 g/mol. The third-order valence-electron chi connectivity index (χ3n) is 2.71. The molecule has 0 saturated carbocycles. The first-order valence-electron chi connectivity index (χ1n) is 6.57. The van der Waals surface area contributed by atoms with Crippen LogP contribution in [0, 0.1) is 6.92 Å². The van der Waals surface area contributed by atoms with Gasteiger partial charge in [-0.05, 0) is 25.5 Å². The molecule has 0 heterocycles. The molecule has 10 heteroatoms. The largest absolute Gasteiger partial charge is 0.516 e. The number of anilines is 1. The van der Waals surface area contributed by atoms with Gasteiger partial charge in [0.05, 0.1) is 11.4 Å². The molecule has 0 spiro atoms. The standard InChI is InChI=1S/C13H16F4N2O3S/c1-3-11(18-22-7-6-14)10-8-9(2)4-5-12(10)19-23(20,21)13(15,16)17/h4-5,8,19H,3,6-7H2,1-2H3/b18-11+. The van der Waals surface area contributed by atoms with E-state index in [4.69, 9.17) is 4.84 Å². The minimum atomic E-state index is -5.56. The number of nitrogens with zero attached hydrogens (tertiary/aromatic N) is 1. The summed E-state index contributed by atoms with van der Waals surface area (Å²) >= 11 is 0. The number of halogens is 4. The summed E-state index contributed by atoms with van der Waals surface area (Å²) in [7, 11) is -5.56. The fourth-order valence-corrected chi connectivity index (χ4v) is 2.23. The Morgan fingerprint density at radius 2 is 2.00 bits per heavy atom. The van der Waals surface area contributed by atoms with E-state index in [2.05, 4.69) is 5.16 Å². The Morgan fingerprint density at radius 3 is 2.52 bits per heavy atom. The van der Waals surface area contributed by atoms with Crippen LogP contribution < -0.4 is 4.72 Å². The van der Waals surface area contributed by atoms with E-state index in [1.165, 1.54) is 22.9 Å². The summed E-state index contributed by atoms with van der Waals surface area (Å²) in [5, 5.41) is 3.66. The summed E-state index contributed by atoms with van der Waals surface area (Å²) in [4.78, 5) is 4.70. The van der Waals surface area contributed by atoms with Gasteiger partial charge in [0.15, 0.2) is 0 Å². The van der Waals surface area contributed by atoms with E-state index < -0.39 is 22.2 Å². The number of hydrogen-bond donors (Lipinski definition) is 1. The smallest absolute Gasteiger partial charge is 0.393 e. The average Bonchev–Trinajstić information content (AvgIpc) is 2.44. The quantitative estimate of drug-likeness (QED) is 0.353. The highest BCUT2D eigenvalue weighted by atomic mass is 32.2. The number of aryl methyl sites for hydroxylation is 1. The van der Waals surface area contributed by atoms with Gasteiger partial charge >= 0.3 is 15.5 Å². The maximum Gasteiger partial charge on any atom is 0.516 e. The topological polar surface area (TPSA) is 67.8 Å². The lowest BCUT2D eigenvalue weighted by molar-refractivity contribution is -0.0429. The summed E-state index contributed by atoms with van der Waals surface area (Å²) in [5.74, 6) is 0. The maximum absolute atomic E-state index is 12.5. The number of rotatable bonds is 7. The van der Waals surface area contributed by atoms with E-state index in [0.29, 0.717) is 5.56 Å². The van der Waals surface area contributed by atoms with Crippen molar-refractivity contribution >= 4 is 21.4 Å². The molecule has 23 heavy (non-hydrogen) atoms. The van der Waals surface area contributed by atoms with Gasteiger partial charge in [-0.2, -0.15) is 21.6 Å².